The van der Waals surface area contributed by atoms with Crippen molar-refractivity contribution in [2.45, 2.75) is 57.0 Å². The van der Waals surface area contributed by atoms with Crippen molar-refractivity contribution in [3.05, 3.63) is 41.6 Å². The third-order valence-electron chi connectivity index (χ3n) is 6.82. The Labute approximate surface area is 216 Å². The van der Waals surface area contributed by atoms with E-state index in [0.717, 1.165) is 12.8 Å². The number of hydrogen-bond acceptors (Lipinski definition) is 6. The zero-order valence-corrected chi connectivity index (χ0v) is 21.1. The number of nitrogens with zero attached hydrogens (tertiary/aromatic N) is 5. The lowest BCUT2D eigenvalue weighted by Crippen LogP contribution is -2.40. The van der Waals surface area contributed by atoms with Crippen LogP contribution in [0.3, 0.4) is 0 Å². The third kappa shape index (κ3) is 5.04. The third-order valence-corrected chi connectivity index (χ3v) is 6.82. The molecule has 3 aromatic rings. The first-order chi connectivity index (χ1) is 18.1. The van der Waals surface area contributed by atoms with E-state index in [-0.39, 0.29) is 24.5 Å². The molecule has 3 amide bonds. The van der Waals surface area contributed by atoms with Gasteiger partial charge in [-0.05, 0) is 50.3 Å². The van der Waals surface area contributed by atoms with E-state index in [0.29, 0.717) is 28.2 Å². The summed E-state index contributed by atoms with van der Waals surface area (Å²) in [6.45, 7) is 3.52. The lowest BCUT2D eigenvalue weighted by Gasteiger charge is -2.27. The van der Waals surface area contributed by atoms with Crippen LogP contribution in [0.25, 0.3) is 11.2 Å². The molecule has 204 valence electrons. The minimum absolute atomic E-state index is 0.0102. The Balaban J connectivity index is 1.40. The SMILES string of the molecule is COCC(NC(=O)c1ccnn1C(C)C)c1nc2ncc(C(C3CC3)N3CC(C(F)(F)F)NC3=O)cc2[nH]1. The van der Waals surface area contributed by atoms with E-state index in [1.807, 2.05) is 19.2 Å². The largest absolute Gasteiger partial charge is 0.410 e. The summed E-state index contributed by atoms with van der Waals surface area (Å²) in [6.07, 6.45) is 0.210. The van der Waals surface area contributed by atoms with Crippen LogP contribution in [0.2, 0.25) is 0 Å². The molecule has 1 saturated heterocycles. The highest BCUT2D eigenvalue weighted by Gasteiger charge is 2.51. The Morgan fingerprint density at radius 1 is 1.32 bits per heavy atom. The maximum Gasteiger partial charge on any atom is 0.410 e. The molecule has 11 nitrogen and oxygen atoms in total. The summed E-state index contributed by atoms with van der Waals surface area (Å²) in [7, 11) is 1.51. The van der Waals surface area contributed by atoms with Crippen molar-refractivity contribution in [3.8, 4) is 0 Å². The fourth-order valence-corrected chi connectivity index (χ4v) is 4.86. The standard InChI is InChI=1S/C24H29F3N8O3/c1-12(2)35-17(6-7-29-35)22(36)31-16(11-38-3)21-30-15-8-14(9-28-20(15)33-21)19(13-4-5-13)34-10-18(24(25,26)27)32-23(34)37/h6-9,12-13,16,18-19H,4-5,10-11H2,1-3H3,(H,31,36)(H,32,37)(H,28,30,33). The monoisotopic (exact) mass is 534 g/mol. The van der Waals surface area contributed by atoms with Gasteiger partial charge >= 0.3 is 12.2 Å². The van der Waals surface area contributed by atoms with E-state index in [4.69, 9.17) is 4.74 Å². The first-order valence-electron chi connectivity index (χ1n) is 12.4. The van der Waals surface area contributed by atoms with Gasteiger partial charge in [0.1, 0.15) is 23.6 Å². The number of rotatable bonds is 9. The Kier molecular flexibility index (Phi) is 6.75. The first-order valence-corrected chi connectivity index (χ1v) is 12.4. The van der Waals surface area contributed by atoms with E-state index >= 15 is 0 Å². The summed E-state index contributed by atoms with van der Waals surface area (Å²) < 4.78 is 46.7. The number of fused-ring (bicyclic) bond motifs is 1. The molecule has 0 bridgehead atoms. The molecular formula is C24H29F3N8O3. The van der Waals surface area contributed by atoms with Gasteiger partial charge in [0.25, 0.3) is 5.91 Å². The van der Waals surface area contributed by atoms with E-state index in [1.165, 1.54) is 12.0 Å². The Bertz CT molecular complexity index is 1330. The average molecular weight is 535 g/mol. The van der Waals surface area contributed by atoms with Gasteiger partial charge in [-0.15, -0.1) is 0 Å². The smallest absolute Gasteiger partial charge is 0.382 e. The molecule has 3 atom stereocenters. The second-order valence-corrected chi connectivity index (χ2v) is 9.98. The predicted molar refractivity (Wildman–Crippen MR) is 129 cm³/mol. The normalized spacial score (nSPS) is 19.7. The van der Waals surface area contributed by atoms with E-state index in [1.54, 1.807) is 29.2 Å². The maximum atomic E-state index is 13.3. The second kappa shape index (κ2) is 9.89. The number of ether oxygens (including phenoxy) is 1. The highest BCUT2D eigenvalue weighted by atomic mass is 19.4. The Morgan fingerprint density at radius 2 is 2.08 bits per heavy atom. The minimum atomic E-state index is -4.52. The van der Waals surface area contributed by atoms with Crippen LogP contribution in [0.1, 0.15) is 66.7 Å². The summed E-state index contributed by atoms with van der Waals surface area (Å²) in [5.74, 6) is 0.121. The molecule has 1 aliphatic carbocycles. The molecule has 3 unspecified atom stereocenters. The number of halogens is 3. The van der Waals surface area contributed by atoms with Gasteiger partial charge in [0.15, 0.2) is 5.65 Å². The number of aromatic amines is 1. The van der Waals surface area contributed by atoms with E-state index in [2.05, 4.69) is 25.4 Å². The van der Waals surface area contributed by atoms with Crippen LogP contribution >= 0.6 is 0 Å². The van der Waals surface area contributed by atoms with Gasteiger partial charge in [-0.1, -0.05) is 0 Å². The van der Waals surface area contributed by atoms with Crippen LogP contribution in [0, 0.1) is 5.92 Å². The molecule has 1 saturated carbocycles. The highest BCUT2D eigenvalue weighted by molar-refractivity contribution is 5.92. The molecule has 0 spiro atoms. The van der Waals surface area contributed by atoms with E-state index < -0.39 is 36.9 Å². The number of aromatic nitrogens is 5. The lowest BCUT2D eigenvalue weighted by atomic mass is 10.0. The summed E-state index contributed by atoms with van der Waals surface area (Å²) in [6, 6.07) is -0.426. The molecule has 4 heterocycles. The van der Waals surface area contributed by atoms with Crippen molar-refractivity contribution in [1.82, 2.24) is 40.3 Å². The molecule has 5 rings (SSSR count). The molecular weight excluding hydrogens is 505 g/mol. The summed E-state index contributed by atoms with van der Waals surface area (Å²) in [5, 5.41) is 9.16. The number of carbonyl (C=O) groups is 2. The number of H-pyrrole nitrogens is 1. The zero-order valence-electron chi connectivity index (χ0n) is 21.1. The number of methoxy groups -OCH3 is 1. The fraction of sp³-hybridized carbons (Fsp3) is 0.542. The van der Waals surface area contributed by atoms with Crippen LogP contribution in [-0.2, 0) is 4.74 Å². The fourth-order valence-electron chi connectivity index (χ4n) is 4.86. The number of carbonyl (C=O) groups excluding carboxylic acids is 2. The van der Waals surface area contributed by atoms with Crippen molar-refractivity contribution < 1.29 is 27.5 Å². The van der Waals surface area contributed by atoms with Crippen LogP contribution in [0.4, 0.5) is 18.0 Å². The average Bonchev–Trinajstić information content (AvgIpc) is 3.24. The van der Waals surface area contributed by atoms with Gasteiger partial charge < -0.3 is 25.3 Å². The number of pyridine rings is 1. The molecule has 2 fully saturated rings. The number of nitrogens with one attached hydrogen (secondary N) is 3. The molecule has 2 aliphatic rings. The highest BCUT2D eigenvalue weighted by Crippen LogP contribution is 2.46. The maximum absolute atomic E-state index is 13.3. The van der Waals surface area contributed by atoms with Gasteiger partial charge in [-0.2, -0.15) is 18.3 Å². The van der Waals surface area contributed by atoms with Crippen molar-refractivity contribution >= 4 is 23.1 Å². The molecule has 0 aromatic carbocycles. The number of imidazole rings is 1. The summed E-state index contributed by atoms with van der Waals surface area (Å²) >= 11 is 0. The van der Waals surface area contributed by atoms with Gasteiger partial charge in [-0.3, -0.25) is 9.48 Å². The van der Waals surface area contributed by atoms with Crippen LogP contribution in [0.5, 0.6) is 0 Å². The van der Waals surface area contributed by atoms with Gasteiger partial charge in [0.05, 0.1) is 24.7 Å². The molecule has 38 heavy (non-hydrogen) atoms. The van der Waals surface area contributed by atoms with Crippen LogP contribution < -0.4 is 10.6 Å². The molecule has 0 radical (unpaired) electrons. The van der Waals surface area contributed by atoms with Crippen molar-refractivity contribution in [3.63, 3.8) is 0 Å². The Hall–Kier alpha value is -3.68. The van der Waals surface area contributed by atoms with Gasteiger partial charge in [-0.25, -0.2) is 14.8 Å². The lowest BCUT2D eigenvalue weighted by molar-refractivity contribution is -0.150. The molecule has 3 aromatic heterocycles. The Morgan fingerprint density at radius 3 is 2.71 bits per heavy atom. The van der Waals surface area contributed by atoms with Gasteiger partial charge in [0.2, 0.25) is 0 Å². The van der Waals surface area contributed by atoms with E-state index in [9.17, 15) is 22.8 Å². The van der Waals surface area contributed by atoms with Crippen LogP contribution in [0.15, 0.2) is 24.5 Å². The minimum Gasteiger partial charge on any atom is -0.382 e. The van der Waals surface area contributed by atoms with Crippen molar-refractivity contribution in [2.24, 2.45) is 5.92 Å². The predicted octanol–water partition coefficient (Wildman–Crippen LogP) is 3.26. The van der Waals surface area contributed by atoms with Crippen molar-refractivity contribution in [2.75, 3.05) is 20.3 Å². The number of hydrogen-bond donors (Lipinski definition) is 3. The van der Waals surface area contributed by atoms with Crippen molar-refractivity contribution in [1.29, 1.82) is 0 Å². The quantitative estimate of drug-likeness (QED) is 0.386. The zero-order chi connectivity index (χ0) is 27.2. The summed E-state index contributed by atoms with van der Waals surface area (Å²) in [5.41, 5.74) is 1.94. The number of amides is 3. The second-order valence-electron chi connectivity index (χ2n) is 9.98. The summed E-state index contributed by atoms with van der Waals surface area (Å²) in [4.78, 5) is 38.8. The van der Waals surface area contributed by atoms with Crippen LogP contribution in [-0.4, -0.2) is 74.1 Å². The van der Waals surface area contributed by atoms with Gasteiger partial charge in [0, 0.05) is 25.5 Å². The number of urea groups is 1. The number of alkyl halides is 3. The molecule has 3 N–H and O–H groups in total. The first kappa shape index (κ1) is 25.9. The molecule has 14 heteroatoms. The molecule has 1 aliphatic heterocycles. The topological polar surface area (TPSA) is 130 Å².